The van der Waals surface area contributed by atoms with Crippen molar-refractivity contribution in [1.29, 1.82) is 0 Å². The second-order valence-corrected chi connectivity index (χ2v) is 4.90. The highest BCUT2D eigenvalue weighted by atomic mass is 79.9. The standard InChI is InChI=1S/C12H16BrFN2/c1-9(16-7-5-15-6-8-16)10-3-2-4-11(14)12(10)13/h2-4,9,15H,5-8H2,1H3/t9-/m1/s1. The summed E-state index contributed by atoms with van der Waals surface area (Å²) in [6.45, 7) is 6.19. The molecule has 0 aromatic heterocycles. The fraction of sp³-hybridized carbons (Fsp3) is 0.500. The van der Waals surface area contributed by atoms with E-state index in [4.69, 9.17) is 0 Å². The molecule has 0 unspecified atom stereocenters. The number of halogens is 2. The van der Waals surface area contributed by atoms with Crippen LogP contribution < -0.4 is 5.32 Å². The Labute approximate surface area is 104 Å². The molecular weight excluding hydrogens is 271 g/mol. The molecule has 1 saturated heterocycles. The zero-order valence-corrected chi connectivity index (χ0v) is 10.9. The van der Waals surface area contributed by atoms with Crippen molar-refractivity contribution in [2.45, 2.75) is 13.0 Å². The zero-order chi connectivity index (χ0) is 11.5. The van der Waals surface area contributed by atoms with Gasteiger partial charge >= 0.3 is 0 Å². The van der Waals surface area contributed by atoms with E-state index in [0.29, 0.717) is 4.47 Å². The number of nitrogens with one attached hydrogen (secondary N) is 1. The van der Waals surface area contributed by atoms with Gasteiger partial charge in [0.25, 0.3) is 0 Å². The highest BCUT2D eigenvalue weighted by Gasteiger charge is 2.20. The molecule has 1 aromatic carbocycles. The molecule has 0 saturated carbocycles. The Morgan fingerprint density at radius 3 is 2.75 bits per heavy atom. The Hall–Kier alpha value is -0.450. The van der Waals surface area contributed by atoms with E-state index in [2.05, 4.69) is 33.1 Å². The van der Waals surface area contributed by atoms with Crippen LogP contribution in [0.5, 0.6) is 0 Å². The summed E-state index contributed by atoms with van der Waals surface area (Å²) < 4.78 is 14.0. The first-order valence-electron chi connectivity index (χ1n) is 5.59. The van der Waals surface area contributed by atoms with E-state index in [9.17, 15) is 4.39 Å². The molecule has 1 fully saturated rings. The van der Waals surface area contributed by atoms with Gasteiger partial charge < -0.3 is 5.32 Å². The van der Waals surface area contributed by atoms with Crippen molar-refractivity contribution in [2.75, 3.05) is 26.2 Å². The van der Waals surface area contributed by atoms with Gasteiger partial charge in [0.2, 0.25) is 0 Å². The van der Waals surface area contributed by atoms with Gasteiger partial charge in [0, 0.05) is 32.2 Å². The summed E-state index contributed by atoms with van der Waals surface area (Å²) in [5.74, 6) is -0.181. The van der Waals surface area contributed by atoms with Crippen molar-refractivity contribution >= 4 is 15.9 Å². The third kappa shape index (κ3) is 2.44. The Morgan fingerprint density at radius 2 is 2.06 bits per heavy atom. The first-order valence-corrected chi connectivity index (χ1v) is 6.38. The summed E-state index contributed by atoms with van der Waals surface area (Å²) in [6, 6.07) is 5.50. The second kappa shape index (κ2) is 5.25. The quantitative estimate of drug-likeness (QED) is 0.899. The number of piperazine rings is 1. The molecule has 0 aliphatic carbocycles. The van der Waals surface area contributed by atoms with E-state index < -0.39 is 0 Å². The van der Waals surface area contributed by atoms with Gasteiger partial charge in [0.1, 0.15) is 5.82 Å². The monoisotopic (exact) mass is 286 g/mol. The summed E-state index contributed by atoms with van der Waals surface area (Å²) in [5.41, 5.74) is 1.03. The van der Waals surface area contributed by atoms with Gasteiger partial charge in [0.15, 0.2) is 0 Å². The molecule has 16 heavy (non-hydrogen) atoms. The third-order valence-corrected chi connectivity index (χ3v) is 3.97. The van der Waals surface area contributed by atoms with Crippen molar-refractivity contribution in [3.63, 3.8) is 0 Å². The lowest BCUT2D eigenvalue weighted by Crippen LogP contribution is -2.44. The lowest BCUT2D eigenvalue weighted by Gasteiger charge is -2.33. The molecule has 0 amide bonds. The van der Waals surface area contributed by atoms with Crippen LogP contribution in [0.2, 0.25) is 0 Å². The smallest absolute Gasteiger partial charge is 0.137 e. The minimum atomic E-state index is -0.181. The van der Waals surface area contributed by atoms with Crippen LogP contribution in [-0.2, 0) is 0 Å². The van der Waals surface area contributed by atoms with Gasteiger partial charge in [-0.2, -0.15) is 0 Å². The van der Waals surface area contributed by atoms with Crippen LogP contribution in [0.3, 0.4) is 0 Å². The fourth-order valence-corrected chi connectivity index (χ4v) is 2.70. The maximum Gasteiger partial charge on any atom is 0.137 e. The second-order valence-electron chi connectivity index (χ2n) is 4.10. The highest BCUT2D eigenvalue weighted by Crippen LogP contribution is 2.29. The molecule has 1 heterocycles. The van der Waals surface area contributed by atoms with Crippen molar-refractivity contribution in [2.24, 2.45) is 0 Å². The average Bonchev–Trinajstić information content (AvgIpc) is 2.33. The molecule has 0 spiro atoms. The van der Waals surface area contributed by atoms with Gasteiger partial charge in [-0.1, -0.05) is 12.1 Å². The Kier molecular flexibility index (Phi) is 3.95. The van der Waals surface area contributed by atoms with Crippen molar-refractivity contribution in [1.82, 2.24) is 10.2 Å². The molecule has 2 nitrogen and oxygen atoms in total. The number of nitrogens with zero attached hydrogens (tertiary/aromatic N) is 1. The molecule has 0 bridgehead atoms. The lowest BCUT2D eigenvalue weighted by atomic mass is 10.1. The maximum atomic E-state index is 13.4. The van der Waals surface area contributed by atoms with E-state index in [1.165, 1.54) is 6.07 Å². The van der Waals surface area contributed by atoms with Crippen LogP contribution in [0.1, 0.15) is 18.5 Å². The van der Waals surface area contributed by atoms with Crippen LogP contribution in [0.4, 0.5) is 4.39 Å². The molecule has 0 radical (unpaired) electrons. The summed E-state index contributed by atoms with van der Waals surface area (Å²) >= 11 is 3.33. The van der Waals surface area contributed by atoms with Gasteiger partial charge in [-0.15, -0.1) is 0 Å². The first kappa shape index (κ1) is 12.0. The van der Waals surface area contributed by atoms with E-state index in [0.717, 1.165) is 31.7 Å². The number of rotatable bonds is 2. The molecule has 1 aliphatic rings. The maximum absolute atomic E-state index is 13.4. The predicted molar refractivity (Wildman–Crippen MR) is 67.0 cm³/mol. The Balaban J connectivity index is 2.19. The molecule has 1 aliphatic heterocycles. The van der Waals surface area contributed by atoms with E-state index in [1.54, 1.807) is 6.07 Å². The fourth-order valence-electron chi connectivity index (χ4n) is 2.11. The van der Waals surface area contributed by atoms with Gasteiger partial charge in [-0.3, -0.25) is 4.90 Å². The average molecular weight is 287 g/mol. The lowest BCUT2D eigenvalue weighted by molar-refractivity contribution is 0.185. The van der Waals surface area contributed by atoms with Crippen LogP contribution >= 0.6 is 15.9 Å². The van der Waals surface area contributed by atoms with Gasteiger partial charge in [0.05, 0.1) is 4.47 Å². The van der Waals surface area contributed by atoms with Crippen LogP contribution in [0.25, 0.3) is 0 Å². The minimum absolute atomic E-state index is 0.181. The van der Waals surface area contributed by atoms with Gasteiger partial charge in [-0.25, -0.2) is 4.39 Å². The number of hydrogen-bond donors (Lipinski definition) is 1. The predicted octanol–water partition coefficient (Wildman–Crippen LogP) is 2.55. The van der Waals surface area contributed by atoms with Crippen LogP contribution in [-0.4, -0.2) is 31.1 Å². The topological polar surface area (TPSA) is 15.3 Å². The third-order valence-electron chi connectivity index (χ3n) is 3.13. The SMILES string of the molecule is C[C@H](c1cccc(F)c1Br)N1CCNCC1. The van der Waals surface area contributed by atoms with Crippen molar-refractivity contribution in [3.8, 4) is 0 Å². The van der Waals surface area contributed by atoms with Crippen LogP contribution in [0, 0.1) is 5.82 Å². The minimum Gasteiger partial charge on any atom is -0.314 e. The molecule has 2 rings (SSSR count). The molecule has 88 valence electrons. The summed E-state index contributed by atoms with van der Waals surface area (Å²) in [5, 5.41) is 3.32. The largest absolute Gasteiger partial charge is 0.314 e. The van der Waals surface area contributed by atoms with E-state index in [-0.39, 0.29) is 11.9 Å². The van der Waals surface area contributed by atoms with Crippen molar-refractivity contribution < 1.29 is 4.39 Å². The number of benzene rings is 1. The van der Waals surface area contributed by atoms with E-state index >= 15 is 0 Å². The van der Waals surface area contributed by atoms with Crippen LogP contribution in [0.15, 0.2) is 22.7 Å². The molecule has 4 heteroatoms. The summed E-state index contributed by atoms with van der Waals surface area (Å²) in [6.07, 6.45) is 0. The molecular formula is C12H16BrFN2. The molecule has 1 atom stereocenters. The summed E-state index contributed by atoms with van der Waals surface area (Å²) in [7, 11) is 0. The first-order chi connectivity index (χ1) is 7.70. The highest BCUT2D eigenvalue weighted by molar-refractivity contribution is 9.10. The molecule has 1 aromatic rings. The molecule has 1 N–H and O–H groups in total. The Bertz CT molecular complexity index is 364. The summed E-state index contributed by atoms with van der Waals surface area (Å²) in [4.78, 5) is 2.37. The van der Waals surface area contributed by atoms with Crippen molar-refractivity contribution in [3.05, 3.63) is 34.1 Å². The van der Waals surface area contributed by atoms with Gasteiger partial charge in [-0.05, 0) is 34.5 Å². The van der Waals surface area contributed by atoms with E-state index in [1.807, 2.05) is 6.07 Å². The normalized spacial score (nSPS) is 19.7. The zero-order valence-electron chi connectivity index (χ0n) is 9.34. The Morgan fingerprint density at radius 1 is 1.38 bits per heavy atom. The number of hydrogen-bond acceptors (Lipinski definition) is 2.